The van der Waals surface area contributed by atoms with Gasteiger partial charge in [0.15, 0.2) is 6.17 Å². The Kier molecular flexibility index (Phi) is 6.03. The maximum absolute atomic E-state index is 5.08. The average molecular weight is 567 g/mol. The Labute approximate surface area is 235 Å². The van der Waals surface area contributed by atoms with Gasteiger partial charge in [-0.1, -0.05) is 127 Å². The fourth-order valence-corrected chi connectivity index (χ4v) is 6.02. The smallest absolute Gasteiger partial charge is 0.169 e. The van der Waals surface area contributed by atoms with E-state index < -0.39 is 0 Å². The Balaban J connectivity index is 1.41. The molecule has 1 aliphatic rings. The van der Waals surface area contributed by atoms with Crippen molar-refractivity contribution in [1.29, 1.82) is 0 Å². The van der Waals surface area contributed by atoms with E-state index >= 15 is 0 Å². The lowest BCUT2D eigenvalue weighted by Crippen LogP contribution is -2.35. The number of nitrogens with one attached hydrogen (secondary N) is 1. The van der Waals surface area contributed by atoms with E-state index in [1.54, 1.807) is 0 Å². The molecule has 0 unspecified atom stereocenters. The van der Waals surface area contributed by atoms with E-state index in [0.29, 0.717) is 0 Å². The van der Waals surface area contributed by atoms with Crippen LogP contribution in [0.1, 0.15) is 22.9 Å². The van der Waals surface area contributed by atoms with Gasteiger partial charge in [0.2, 0.25) is 0 Å². The highest BCUT2D eigenvalue weighted by molar-refractivity contribution is 9.10. The molecule has 6 aromatic carbocycles. The van der Waals surface area contributed by atoms with E-state index in [1.807, 2.05) is 36.4 Å². The molecule has 0 amide bonds. The van der Waals surface area contributed by atoms with Crippen molar-refractivity contribution in [2.45, 2.75) is 6.17 Å². The molecular formula is C35H24BrN3. The van der Waals surface area contributed by atoms with E-state index in [2.05, 4.69) is 118 Å². The quantitative estimate of drug-likeness (QED) is 0.213. The topological polar surface area (TPSA) is 36.8 Å². The second-order valence-electron chi connectivity index (χ2n) is 9.59. The van der Waals surface area contributed by atoms with E-state index in [-0.39, 0.29) is 6.17 Å². The zero-order valence-electron chi connectivity index (χ0n) is 21.1. The Morgan fingerprint density at radius 3 is 1.49 bits per heavy atom. The lowest BCUT2D eigenvalue weighted by atomic mass is 9.91. The van der Waals surface area contributed by atoms with Crippen LogP contribution in [0.5, 0.6) is 0 Å². The van der Waals surface area contributed by atoms with E-state index in [0.717, 1.165) is 38.4 Å². The molecule has 0 bridgehead atoms. The van der Waals surface area contributed by atoms with Gasteiger partial charge in [-0.3, -0.25) is 0 Å². The maximum atomic E-state index is 5.08. The van der Waals surface area contributed by atoms with Gasteiger partial charge in [-0.25, -0.2) is 9.98 Å². The third kappa shape index (κ3) is 4.33. The van der Waals surface area contributed by atoms with Crippen molar-refractivity contribution in [1.82, 2.24) is 5.32 Å². The predicted octanol–water partition coefficient (Wildman–Crippen LogP) is 8.92. The summed E-state index contributed by atoms with van der Waals surface area (Å²) >= 11 is 3.88. The number of halogens is 1. The van der Waals surface area contributed by atoms with Crippen LogP contribution in [0.15, 0.2) is 148 Å². The summed E-state index contributed by atoms with van der Waals surface area (Å²) in [6, 6.07) is 46.3. The van der Waals surface area contributed by atoms with Crippen molar-refractivity contribution < 1.29 is 0 Å². The fraction of sp³-hybridized carbons (Fsp3) is 0.0286. The highest BCUT2D eigenvalue weighted by Crippen LogP contribution is 2.42. The number of hydrogen-bond donors (Lipinski definition) is 1. The van der Waals surface area contributed by atoms with Crippen LogP contribution in [0.2, 0.25) is 0 Å². The van der Waals surface area contributed by atoms with Crippen LogP contribution in [0.3, 0.4) is 0 Å². The second kappa shape index (κ2) is 9.97. The van der Waals surface area contributed by atoms with Crippen LogP contribution in [0.4, 0.5) is 0 Å². The number of hydrogen-bond acceptors (Lipinski definition) is 3. The molecule has 0 saturated heterocycles. The Morgan fingerprint density at radius 2 is 0.949 bits per heavy atom. The third-order valence-corrected chi connectivity index (χ3v) is 8.03. The molecule has 6 aromatic rings. The second-order valence-corrected chi connectivity index (χ2v) is 10.4. The first-order valence-electron chi connectivity index (χ1n) is 13.0. The van der Waals surface area contributed by atoms with Gasteiger partial charge in [-0.05, 0) is 60.2 Å². The first-order valence-corrected chi connectivity index (χ1v) is 13.8. The summed E-state index contributed by atoms with van der Waals surface area (Å²) < 4.78 is 1.13. The number of amidine groups is 2. The molecule has 0 radical (unpaired) electrons. The van der Waals surface area contributed by atoms with Crippen molar-refractivity contribution in [3.63, 3.8) is 0 Å². The average Bonchev–Trinajstić information content (AvgIpc) is 3.02. The van der Waals surface area contributed by atoms with Crippen LogP contribution in [0, 0.1) is 0 Å². The van der Waals surface area contributed by atoms with Crippen molar-refractivity contribution in [2.75, 3.05) is 0 Å². The molecule has 0 aromatic heterocycles. The summed E-state index contributed by atoms with van der Waals surface area (Å²) in [5, 5.41) is 8.31. The zero-order chi connectivity index (χ0) is 26.2. The molecule has 1 N–H and O–H groups in total. The van der Waals surface area contributed by atoms with Gasteiger partial charge in [-0.2, -0.15) is 0 Å². The molecule has 186 valence electrons. The largest absolute Gasteiger partial charge is 0.324 e. The molecule has 0 atom stereocenters. The van der Waals surface area contributed by atoms with Gasteiger partial charge in [0.1, 0.15) is 11.7 Å². The number of nitrogens with zero attached hydrogens (tertiary/aromatic N) is 2. The van der Waals surface area contributed by atoms with Crippen molar-refractivity contribution in [3.8, 4) is 11.1 Å². The SMILES string of the molecule is Brc1c2ccccc2c(-c2cccc(C3N=C(c4ccccc4)NC(c4ccccc4)=N3)c2)c2ccccc12. The number of aliphatic imine (C=N–C) groups is 2. The van der Waals surface area contributed by atoms with Crippen molar-refractivity contribution >= 4 is 49.1 Å². The highest BCUT2D eigenvalue weighted by Gasteiger charge is 2.21. The summed E-state index contributed by atoms with van der Waals surface area (Å²) in [5.41, 5.74) is 5.49. The Hall–Kier alpha value is -4.54. The molecule has 1 aliphatic heterocycles. The summed E-state index contributed by atoms with van der Waals surface area (Å²) in [7, 11) is 0. The van der Waals surface area contributed by atoms with Gasteiger partial charge in [-0.15, -0.1) is 0 Å². The van der Waals surface area contributed by atoms with E-state index in [9.17, 15) is 0 Å². The van der Waals surface area contributed by atoms with Crippen molar-refractivity contribution in [3.05, 3.63) is 155 Å². The molecule has 39 heavy (non-hydrogen) atoms. The standard InChI is InChI=1S/C35H24BrN3/c36-32-29-20-9-7-18-27(29)31(28-19-8-10-21-30(28)32)25-16-11-17-26(22-25)35-38-33(23-12-3-1-4-13-23)37-34(39-35)24-14-5-2-6-15-24/h1-22,35H,(H,37,38,39). The summed E-state index contributed by atoms with van der Waals surface area (Å²) in [6.45, 7) is 0. The maximum Gasteiger partial charge on any atom is 0.169 e. The first kappa shape index (κ1) is 23.6. The number of fused-ring (bicyclic) bond motifs is 2. The summed E-state index contributed by atoms with van der Waals surface area (Å²) in [5.74, 6) is 1.64. The van der Waals surface area contributed by atoms with Gasteiger partial charge >= 0.3 is 0 Å². The van der Waals surface area contributed by atoms with Crippen LogP contribution >= 0.6 is 15.9 Å². The Morgan fingerprint density at radius 1 is 0.487 bits per heavy atom. The molecule has 0 spiro atoms. The number of benzene rings is 6. The van der Waals surface area contributed by atoms with Crippen LogP contribution in [-0.4, -0.2) is 11.7 Å². The molecule has 4 heteroatoms. The van der Waals surface area contributed by atoms with Gasteiger partial charge in [0.25, 0.3) is 0 Å². The zero-order valence-corrected chi connectivity index (χ0v) is 22.6. The Bertz CT molecular complexity index is 1780. The molecule has 1 heterocycles. The monoisotopic (exact) mass is 565 g/mol. The minimum Gasteiger partial charge on any atom is -0.324 e. The first-order chi connectivity index (χ1) is 19.3. The number of rotatable bonds is 4. The fourth-order valence-electron chi connectivity index (χ4n) is 5.33. The molecule has 3 nitrogen and oxygen atoms in total. The molecular weight excluding hydrogens is 542 g/mol. The van der Waals surface area contributed by atoms with Gasteiger partial charge in [0, 0.05) is 15.6 Å². The summed E-state index contributed by atoms with van der Waals surface area (Å²) in [4.78, 5) is 10.2. The van der Waals surface area contributed by atoms with E-state index in [4.69, 9.17) is 9.98 Å². The van der Waals surface area contributed by atoms with E-state index in [1.165, 1.54) is 27.1 Å². The lowest BCUT2D eigenvalue weighted by molar-refractivity contribution is 0.756. The highest BCUT2D eigenvalue weighted by atomic mass is 79.9. The normalized spacial score (nSPS) is 13.7. The van der Waals surface area contributed by atoms with Crippen molar-refractivity contribution in [2.24, 2.45) is 9.98 Å². The molecule has 0 aliphatic carbocycles. The van der Waals surface area contributed by atoms with Crippen LogP contribution in [0.25, 0.3) is 32.7 Å². The minimum absolute atomic E-state index is 0.371. The lowest BCUT2D eigenvalue weighted by Gasteiger charge is -2.23. The molecule has 0 saturated carbocycles. The predicted molar refractivity (Wildman–Crippen MR) is 166 cm³/mol. The third-order valence-electron chi connectivity index (χ3n) is 7.17. The van der Waals surface area contributed by atoms with Crippen LogP contribution in [-0.2, 0) is 0 Å². The molecule has 7 rings (SSSR count). The minimum atomic E-state index is -0.371. The van der Waals surface area contributed by atoms with Gasteiger partial charge < -0.3 is 5.32 Å². The van der Waals surface area contributed by atoms with Crippen LogP contribution < -0.4 is 5.32 Å². The van der Waals surface area contributed by atoms with Gasteiger partial charge in [0.05, 0.1) is 0 Å². The summed E-state index contributed by atoms with van der Waals surface area (Å²) in [6.07, 6.45) is -0.371. The molecule has 0 fully saturated rings.